The van der Waals surface area contributed by atoms with Gasteiger partial charge < -0.3 is 50.4 Å². The molecule has 30 heavy (non-hydrogen) atoms. The van der Waals surface area contributed by atoms with Gasteiger partial charge >= 0.3 is 11.9 Å². The van der Waals surface area contributed by atoms with E-state index in [0.29, 0.717) is 0 Å². The number of aliphatic hydroxyl groups excluding tert-OH is 3. The van der Waals surface area contributed by atoms with E-state index in [0.717, 1.165) is 0 Å². The van der Waals surface area contributed by atoms with E-state index in [1.807, 2.05) is 0 Å². The van der Waals surface area contributed by atoms with Gasteiger partial charge in [-0.15, -0.1) is 0 Å². The van der Waals surface area contributed by atoms with Crippen molar-refractivity contribution in [3.05, 3.63) is 23.8 Å². The molecule has 1 fully saturated rings. The summed E-state index contributed by atoms with van der Waals surface area (Å²) >= 11 is 0. The number of carbonyl (C=O) groups is 2. The lowest BCUT2D eigenvalue weighted by Crippen LogP contribution is -2.94. The second-order valence-corrected chi connectivity index (χ2v) is 6.68. The molecule has 12 heteroatoms. The minimum atomic E-state index is -1.34. The second kappa shape index (κ2) is 10.5. The molecule has 1 saturated heterocycles. The van der Waals surface area contributed by atoms with Crippen LogP contribution in [0.4, 0.5) is 5.69 Å². The number of hydrogen-bond donors (Lipinski definition) is 6. The molecule has 0 aromatic heterocycles. The van der Waals surface area contributed by atoms with Crippen LogP contribution in [0, 0.1) is 0 Å². The number of likely N-dealkylation sites (N-methyl/N-ethyl adjacent to an activating group) is 1. The van der Waals surface area contributed by atoms with Crippen molar-refractivity contribution in [1.82, 2.24) is 0 Å². The van der Waals surface area contributed by atoms with Crippen molar-refractivity contribution in [3.63, 3.8) is 0 Å². The number of quaternary nitrogens is 1. The summed E-state index contributed by atoms with van der Waals surface area (Å²) in [5.74, 6) is -2.19. The Morgan fingerprint density at radius 3 is 2.63 bits per heavy atom. The number of ether oxygens (including phenoxy) is 4. The number of aliphatic hydroxyl groups is 3. The van der Waals surface area contributed by atoms with Crippen LogP contribution in [-0.4, -0.2) is 89.6 Å². The minimum Gasteiger partial charge on any atom is -0.507 e. The van der Waals surface area contributed by atoms with Crippen LogP contribution in [-0.2, 0) is 23.7 Å². The molecular weight excluding hydrogens is 404 g/mol. The second-order valence-electron chi connectivity index (χ2n) is 6.68. The van der Waals surface area contributed by atoms with E-state index in [-0.39, 0.29) is 17.0 Å². The number of benzene rings is 1. The first-order valence-corrected chi connectivity index (χ1v) is 9.19. The number of nitrogens with two attached hydrogens (primary N) is 2. The normalized spacial score (nSPS) is 27.3. The molecule has 2 rings (SSSR count). The van der Waals surface area contributed by atoms with Crippen molar-refractivity contribution < 1.29 is 54.3 Å². The zero-order valence-electron chi connectivity index (χ0n) is 16.5. The zero-order chi connectivity index (χ0) is 22.4. The maximum atomic E-state index is 12.1. The highest BCUT2D eigenvalue weighted by molar-refractivity contribution is 5.93. The summed E-state index contributed by atoms with van der Waals surface area (Å²) in [7, 11) is 1.62. The first kappa shape index (κ1) is 23.8. The first-order valence-electron chi connectivity index (χ1n) is 9.19. The summed E-state index contributed by atoms with van der Waals surface area (Å²) in [4.78, 5) is 24.1. The molecule has 0 amide bonds. The maximum absolute atomic E-state index is 12.1. The van der Waals surface area contributed by atoms with E-state index in [1.165, 1.54) is 25.1 Å². The number of hydrogen-bond acceptors (Lipinski definition) is 11. The highest BCUT2D eigenvalue weighted by Gasteiger charge is 2.48. The van der Waals surface area contributed by atoms with Crippen LogP contribution >= 0.6 is 0 Å². The number of carbonyl (C=O) groups excluding carboxylic acids is 2. The zero-order valence-corrected chi connectivity index (χ0v) is 16.5. The third-order valence-electron chi connectivity index (χ3n) is 4.63. The Kier molecular flexibility index (Phi) is 8.34. The van der Waals surface area contributed by atoms with Crippen molar-refractivity contribution in [2.24, 2.45) is 0 Å². The summed E-state index contributed by atoms with van der Waals surface area (Å²) in [6.07, 6.45) is -5.98. The van der Waals surface area contributed by atoms with Gasteiger partial charge in [-0.3, -0.25) is 0 Å². The molecule has 3 unspecified atom stereocenters. The smallest absolute Gasteiger partial charge is 0.344 e. The molecule has 168 valence electrons. The highest BCUT2D eigenvalue weighted by Crippen LogP contribution is 2.22. The molecule has 1 aromatic carbocycles. The molecular formula is C18H27N2O10+. The van der Waals surface area contributed by atoms with Crippen LogP contribution in [0.5, 0.6) is 5.75 Å². The van der Waals surface area contributed by atoms with E-state index in [9.17, 15) is 30.0 Å². The van der Waals surface area contributed by atoms with Crippen molar-refractivity contribution in [2.75, 3.05) is 26.2 Å². The van der Waals surface area contributed by atoms with Crippen molar-refractivity contribution in [2.45, 2.75) is 43.7 Å². The van der Waals surface area contributed by atoms with Gasteiger partial charge in [-0.2, -0.15) is 0 Å². The van der Waals surface area contributed by atoms with Gasteiger partial charge in [-0.05, 0) is 25.1 Å². The fraction of sp³-hybridized carbons (Fsp3) is 0.556. The monoisotopic (exact) mass is 431 g/mol. The first-order chi connectivity index (χ1) is 14.2. The number of esters is 2. The summed E-state index contributed by atoms with van der Waals surface area (Å²) in [5.41, 5.74) is 5.59. The number of rotatable bonds is 8. The molecule has 0 spiro atoms. The number of phenols is 1. The molecule has 0 radical (unpaired) electrons. The van der Waals surface area contributed by atoms with Crippen molar-refractivity contribution >= 4 is 17.6 Å². The lowest BCUT2D eigenvalue weighted by molar-refractivity contribution is -0.695. The Balaban J connectivity index is 1.90. The van der Waals surface area contributed by atoms with Crippen LogP contribution in [0.3, 0.4) is 0 Å². The summed E-state index contributed by atoms with van der Waals surface area (Å²) < 4.78 is 20.3. The molecule has 0 bridgehead atoms. The number of aromatic hydroxyl groups is 1. The molecule has 8 N–H and O–H groups in total. The predicted octanol–water partition coefficient (Wildman–Crippen LogP) is -2.96. The van der Waals surface area contributed by atoms with E-state index in [4.69, 9.17) is 24.7 Å². The lowest BCUT2D eigenvalue weighted by Gasteiger charge is -2.40. The number of nitrogen functional groups attached to an aromatic ring is 1. The third-order valence-corrected chi connectivity index (χ3v) is 4.63. The van der Waals surface area contributed by atoms with Gasteiger partial charge in [0.05, 0.1) is 13.7 Å². The topological polar surface area (TPSA) is 195 Å². The molecule has 1 aliphatic heterocycles. The quantitative estimate of drug-likeness (QED) is 0.106. The third kappa shape index (κ3) is 5.56. The van der Waals surface area contributed by atoms with E-state index >= 15 is 0 Å². The van der Waals surface area contributed by atoms with E-state index in [2.05, 4.69) is 0 Å². The molecule has 1 aliphatic rings. The Bertz CT molecular complexity index is 746. The van der Waals surface area contributed by atoms with E-state index in [1.54, 1.807) is 12.4 Å². The fourth-order valence-corrected chi connectivity index (χ4v) is 2.97. The van der Waals surface area contributed by atoms with Gasteiger partial charge in [0.25, 0.3) is 0 Å². The number of phenolic OH excluding ortho intramolecular Hbond substituents is 1. The largest absolute Gasteiger partial charge is 0.507 e. The Hall–Kier alpha value is -2.48. The average molecular weight is 431 g/mol. The summed E-state index contributed by atoms with van der Waals surface area (Å²) in [6, 6.07) is 3.07. The molecule has 12 nitrogen and oxygen atoms in total. The standard InChI is InChI=1S/C18H26N2O10/c1-8(29-15-13(20-2)18(26)30-12(6-21)14(15)23)16(24)27-7-28-17(25)10-5-9(19)3-4-11(10)22/h3-5,8,12-15,18,20-23,26H,6-7,19H2,1-2H3/p+1/t8?,12?,13?,14-,15+,18+/m0/s1. The molecule has 1 aromatic rings. The van der Waals surface area contributed by atoms with Gasteiger partial charge in [0.15, 0.2) is 12.1 Å². The van der Waals surface area contributed by atoms with Crippen molar-refractivity contribution in [3.8, 4) is 5.75 Å². The van der Waals surface area contributed by atoms with Crippen LogP contribution in [0.25, 0.3) is 0 Å². The minimum absolute atomic E-state index is 0.189. The van der Waals surface area contributed by atoms with Gasteiger partial charge in [-0.1, -0.05) is 0 Å². The van der Waals surface area contributed by atoms with Gasteiger partial charge in [0.2, 0.25) is 13.1 Å². The van der Waals surface area contributed by atoms with E-state index < -0.39 is 62.1 Å². The SMILES string of the molecule is C[NH2+]C1[C@H](O)OC(CO)[C@H](O)[C@@H]1OC(C)C(=O)OCOC(=O)c1cc(N)ccc1O. The Morgan fingerprint density at radius 2 is 2.00 bits per heavy atom. The van der Waals surface area contributed by atoms with Crippen LogP contribution < -0.4 is 11.1 Å². The molecule has 0 aliphatic carbocycles. The molecule has 1 heterocycles. The molecule has 0 saturated carbocycles. The van der Waals surface area contributed by atoms with Crippen LogP contribution in [0.1, 0.15) is 17.3 Å². The van der Waals surface area contributed by atoms with Gasteiger partial charge in [0.1, 0.15) is 29.6 Å². The number of anilines is 1. The Morgan fingerprint density at radius 1 is 1.30 bits per heavy atom. The van der Waals surface area contributed by atoms with Crippen molar-refractivity contribution in [1.29, 1.82) is 0 Å². The average Bonchev–Trinajstić information content (AvgIpc) is 2.71. The lowest BCUT2D eigenvalue weighted by atomic mass is 9.96. The predicted molar refractivity (Wildman–Crippen MR) is 98.8 cm³/mol. The van der Waals surface area contributed by atoms with Crippen LogP contribution in [0.2, 0.25) is 0 Å². The Labute approximate surface area is 172 Å². The molecule has 6 atom stereocenters. The van der Waals surface area contributed by atoms with Crippen LogP contribution in [0.15, 0.2) is 18.2 Å². The highest BCUT2D eigenvalue weighted by atomic mass is 16.7. The maximum Gasteiger partial charge on any atom is 0.344 e. The summed E-state index contributed by atoms with van der Waals surface area (Å²) in [6.45, 7) is 0.0460. The fourth-order valence-electron chi connectivity index (χ4n) is 2.97. The van der Waals surface area contributed by atoms with Gasteiger partial charge in [-0.25, -0.2) is 9.59 Å². The van der Waals surface area contributed by atoms with Gasteiger partial charge in [0, 0.05) is 5.69 Å². The summed E-state index contributed by atoms with van der Waals surface area (Å²) in [5, 5.41) is 40.8.